The van der Waals surface area contributed by atoms with E-state index in [1.165, 1.54) is 0 Å². The van der Waals surface area contributed by atoms with Gasteiger partial charge in [-0.2, -0.15) is 0 Å². The minimum Gasteiger partial charge on any atom is -0.496 e. The molecule has 1 aromatic rings. The number of aliphatic hydroxyl groups is 1. The highest BCUT2D eigenvalue weighted by Crippen LogP contribution is 2.20. The molecule has 20 heavy (non-hydrogen) atoms. The van der Waals surface area contributed by atoms with Crippen molar-refractivity contribution in [1.29, 1.82) is 0 Å². The van der Waals surface area contributed by atoms with Crippen molar-refractivity contribution in [2.24, 2.45) is 0 Å². The van der Waals surface area contributed by atoms with Crippen LogP contribution in [0.4, 0.5) is 0 Å². The van der Waals surface area contributed by atoms with Gasteiger partial charge >= 0.3 is 0 Å². The molecule has 0 saturated heterocycles. The lowest BCUT2D eigenvalue weighted by molar-refractivity contribution is -0.122. The molecule has 2 N–H and O–H groups in total. The molecule has 2 rings (SSSR count). The normalized spacial score (nSPS) is 22.4. The molecule has 1 aromatic carbocycles. The van der Waals surface area contributed by atoms with E-state index in [0.717, 1.165) is 42.6 Å². The number of carbonyl (C=O) groups is 1. The van der Waals surface area contributed by atoms with Crippen molar-refractivity contribution in [3.05, 3.63) is 29.3 Å². The van der Waals surface area contributed by atoms with Crippen molar-refractivity contribution in [2.75, 3.05) is 7.11 Å². The summed E-state index contributed by atoms with van der Waals surface area (Å²) in [6.07, 6.45) is 3.68. The van der Waals surface area contributed by atoms with Gasteiger partial charge in [0.25, 0.3) is 0 Å². The Kier molecular flexibility index (Phi) is 5.01. The Labute approximate surface area is 120 Å². The first kappa shape index (κ1) is 14.9. The summed E-state index contributed by atoms with van der Waals surface area (Å²) in [6, 6.07) is 5.70. The zero-order valence-electron chi connectivity index (χ0n) is 12.2. The minimum absolute atomic E-state index is 0.0399. The van der Waals surface area contributed by atoms with E-state index >= 15 is 0 Å². The predicted molar refractivity (Wildman–Crippen MR) is 77.8 cm³/mol. The third-order valence-electron chi connectivity index (χ3n) is 3.91. The third kappa shape index (κ3) is 3.73. The SMILES string of the molecule is COc1cc(CC(=O)NC2CCCCC2O)ccc1C. The topological polar surface area (TPSA) is 58.6 Å². The number of methoxy groups -OCH3 is 1. The highest BCUT2D eigenvalue weighted by molar-refractivity contribution is 5.79. The summed E-state index contributed by atoms with van der Waals surface area (Å²) in [5.74, 6) is 0.759. The molecule has 1 saturated carbocycles. The second-order valence-corrected chi connectivity index (χ2v) is 5.51. The fourth-order valence-corrected chi connectivity index (χ4v) is 2.70. The van der Waals surface area contributed by atoms with Crippen LogP contribution in [0.15, 0.2) is 18.2 Å². The number of aliphatic hydroxyl groups excluding tert-OH is 1. The number of aryl methyl sites for hydroxylation is 1. The smallest absolute Gasteiger partial charge is 0.224 e. The molecule has 0 spiro atoms. The van der Waals surface area contributed by atoms with E-state index in [4.69, 9.17) is 4.74 Å². The van der Waals surface area contributed by atoms with E-state index in [9.17, 15) is 9.90 Å². The molecule has 1 amide bonds. The lowest BCUT2D eigenvalue weighted by Gasteiger charge is -2.28. The fourth-order valence-electron chi connectivity index (χ4n) is 2.70. The van der Waals surface area contributed by atoms with Crippen LogP contribution in [0.5, 0.6) is 5.75 Å². The van der Waals surface area contributed by atoms with Gasteiger partial charge in [-0.15, -0.1) is 0 Å². The van der Waals surface area contributed by atoms with Crippen LogP contribution in [0.1, 0.15) is 36.8 Å². The van der Waals surface area contributed by atoms with Gasteiger partial charge in [-0.05, 0) is 37.0 Å². The molecule has 2 unspecified atom stereocenters. The Morgan fingerprint density at radius 2 is 2.15 bits per heavy atom. The van der Waals surface area contributed by atoms with Crippen LogP contribution in [-0.4, -0.2) is 30.3 Å². The Balaban J connectivity index is 1.94. The zero-order chi connectivity index (χ0) is 14.5. The van der Waals surface area contributed by atoms with Gasteiger partial charge in [-0.1, -0.05) is 25.0 Å². The van der Waals surface area contributed by atoms with Gasteiger partial charge < -0.3 is 15.2 Å². The summed E-state index contributed by atoms with van der Waals surface area (Å²) < 4.78 is 5.26. The van der Waals surface area contributed by atoms with Crippen molar-refractivity contribution in [1.82, 2.24) is 5.32 Å². The van der Waals surface area contributed by atoms with Crippen LogP contribution in [0.25, 0.3) is 0 Å². The van der Waals surface area contributed by atoms with Gasteiger partial charge in [-0.25, -0.2) is 0 Å². The summed E-state index contributed by atoms with van der Waals surface area (Å²) in [6.45, 7) is 1.97. The summed E-state index contributed by atoms with van der Waals surface area (Å²) in [7, 11) is 1.63. The number of nitrogens with one attached hydrogen (secondary N) is 1. The predicted octanol–water partition coefficient (Wildman–Crippen LogP) is 1.97. The van der Waals surface area contributed by atoms with Gasteiger partial charge in [0.15, 0.2) is 0 Å². The maximum Gasteiger partial charge on any atom is 0.224 e. The summed E-state index contributed by atoms with van der Waals surface area (Å²) in [5.41, 5.74) is 1.98. The van der Waals surface area contributed by atoms with Crippen molar-refractivity contribution in [3.63, 3.8) is 0 Å². The largest absolute Gasteiger partial charge is 0.496 e. The van der Waals surface area contributed by atoms with E-state index in [-0.39, 0.29) is 11.9 Å². The number of rotatable bonds is 4. The molecule has 1 aliphatic carbocycles. The van der Waals surface area contributed by atoms with Gasteiger partial charge in [0.1, 0.15) is 5.75 Å². The average molecular weight is 277 g/mol. The number of ether oxygens (including phenoxy) is 1. The van der Waals surface area contributed by atoms with Gasteiger partial charge in [-0.3, -0.25) is 4.79 Å². The molecular formula is C16H23NO3. The molecule has 0 radical (unpaired) electrons. The maximum atomic E-state index is 12.0. The van der Waals surface area contributed by atoms with Crippen LogP contribution in [0.2, 0.25) is 0 Å². The molecule has 2 atom stereocenters. The van der Waals surface area contributed by atoms with Gasteiger partial charge in [0, 0.05) is 0 Å². The van der Waals surface area contributed by atoms with Gasteiger partial charge in [0.2, 0.25) is 5.91 Å². The molecule has 0 bridgehead atoms. The summed E-state index contributed by atoms with van der Waals surface area (Å²) >= 11 is 0. The number of hydrogen-bond donors (Lipinski definition) is 2. The van der Waals surface area contributed by atoms with Crippen molar-refractivity contribution < 1.29 is 14.6 Å². The first-order valence-electron chi connectivity index (χ1n) is 7.21. The number of amides is 1. The lowest BCUT2D eigenvalue weighted by atomic mass is 9.92. The highest BCUT2D eigenvalue weighted by atomic mass is 16.5. The monoisotopic (exact) mass is 277 g/mol. The number of benzene rings is 1. The van der Waals surface area contributed by atoms with Crippen molar-refractivity contribution >= 4 is 5.91 Å². The highest BCUT2D eigenvalue weighted by Gasteiger charge is 2.24. The minimum atomic E-state index is -0.403. The quantitative estimate of drug-likeness (QED) is 0.884. The van der Waals surface area contributed by atoms with Crippen molar-refractivity contribution in [3.8, 4) is 5.75 Å². The zero-order valence-corrected chi connectivity index (χ0v) is 12.2. The Hall–Kier alpha value is -1.55. The lowest BCUT2D eigenvalue weighted by Crippen LogP contribution is -2.45. The molecule has 1 fully saturated rings. The molecule has 110 valence electrons. The van der Waals surface area contributed by atoms with Crippen LogP contribution in [0.3, 0.4) is 0 Å². The van der Waals surface area contributed by atoms with E-state index in [1.54, 1.807) is 7.11 Å². The fraction of sp³-hybridized carbons (Fsp3) is 0.562. The van der Waals surface area contributed by atoms with Gasteiger partial charge in [0.05, 0.1) is 25.7 Å². The maximum absolute atomic E-state index is 12.0. The molecule has 0 aliphatic heterocycles. The van der Waals surface area contributed by atoms with Crippen LogP contribution in [-0.2, 0) is 11.2 Å². The molecule has 0 heterocycles. The number of hydrogen-bond acceptors (Lipinski definition) is 3. The molecular weight excluding hydrogens is 254 g/mol. The first-order valence-corrected chi connectivity index (χ1v) is 7.21. The number of carbonyl (C=O) groups excluding carboxylic acids is 1. The second kappa shape index (κ2) is 6.75. The first-order chi connectivity index (χ1) is 9.60. The van der Waals surface area contributed by atoms with Crippen LogP contribution < -0.4 is 10.1 Å². The average Bonchev–Trinajstić information content (AvgIpc) is 2.43. The van der Waals surface area contributed by atoms with Crippen molar-refractivity contribution in [2.45, 2.75) is 51.2 Å². The molecule has 4 heteroatoms. The Morgan fingerprint density at radius 3 is 2.85 bits per heavy atom. The van der Waals surface area contributed by atoms with Crippen LogP contribution in [0, 0.1) is 6.92 Å². The van der Waals surface area contributed by atoms with E-state index in [2.05, 4.69) is 5.32 Å². The summed E-state index contributed by atoms with van der Waals surface area (Å²) in [5, 5.41) is 12.8. The Morgan fingerprint density at radius 1 is 1.40 bits per heavy atom. The van der Waals surface area contributed by atoms with E-state index < -0.39 is 6.10 Å². The summed E-state index contributed by atoms with van der Waals surface area (Å²) in [4.78, 5) is 12.0. The Bertz CT molecular complexity index is 473. The third-order valence-corrected chi connectivity index (χ3v) is 3.91. The molecule has 4 nitrogen and oxygen atoms in total. The van der Waals surface area contributed by atoms with E-state index in [0.29, 0.717) is 6.42 Å². The standard InChI is InChI=1S/C16H23NO3/c1-11-7-8-12(9-15(11)20-2)10-16(19)17-13-5-3-4-6-14(13)18/h7-9,13-14,18H,3-6,10H2,1-2H3,(H,17,19). The van der Waals surface area contributed by atoms with E-state index in [1.807, 2.05) is 25.1 Å². The molecule has 1 aliphatic rings. The second-order valence-electron chi connectivity index (χ2n) is 5.51. The molecule has 0 aromatic heterocycles. The van der Waals surface area contributed by atoms with Crippen LogP contribution >= 0.6 is 0 Å².